The molecule has 148 valence electrons. The molecule has 0 radical (unpaired) electrons. The Kier molecular flexibility index (Phi) is 4.98. The lowest BCUT2D eigenvalue weighted by molar-refractivity contribution is -0.684. The van der Waals surface area contributed by atoms with Crippen molar-refractivity contribution >= 4 is 5.78 Å². The largest absolute Gasteiger partial charge is 0.292 e. The Morgan fingerprint density at radius 3 is 2.27 bits per heavy atom. The van der Waals surface area contributed by atoms with Crippen molar-refractivity contribution in [1.82, 2.24) is 10.2 Å². The van der Waals surface area contributed by atoms with Crippen LogP contribution in [-0.4, -0.2) is 16.0 Å². The van der Waals surface area contributed by atoms with E-state index in [1.165, 1.54) is 11.1 Å². The molecule has 0 unspecified atom stereocenters. The summed E-state index contributed by atoms with van der Waals surface area (Å²) in [6, 6.07) is 27.1. The zero-order valence-corrected chi connectivity index (χ0v) is 16.7. The lowest BCUT2D eigenvalue weighted by Crippen LogP contribution is -2.37. The molecule has 0 atom stereocenters. The summed E-state index contributed by atoms with van der Waals surface area (Å²) in [6.07, 6.45) is 6.05. The van der Waals surface area contributed by atoms with Crippen LogP contribution in [0.3, 0.4) is 0 Å². The molecule has 4 heteroatoms. The molecule has 0 aliphatic heterocycles. The highest BCUT2D eigenvalue weighted by Gasteiger charge is 2.31. The lowest BCUT2D eigenvalue weighted by Gasteiger charge is -2.16. The number of pyridine rings is 1. The third-order valence-corrected chi connectivity index (χ3v) is 5.70. The number of nitrogens with zero attached hydrogens (tertiary/aromatic N) is 2. The molecule has 1 aliphatic carbocycles. The number of carbonyl (C=O) groups is 1. The van der Waals surface area contributed by atoms with E-state index in [9.17, 15) is 4.79 Å². The van der Waals surface area contributed by atoms with Gasteiger partial charge in [-0.05, 0) is 36.1 Å². The molecule has 1 N–H and O–H groups in total. The summed E-state index contributed by atoms with van der Waals surface area (Å²) in [5.74, 6) is 0.685. The quantitative estimate of drug-likeness (QED) is 0.469. The Balaban J connectivity index is 1.47. The van der Waals surface area contributed by atoms with Crippen molar-refractivity contribution in [2.24, 2.45) is 5.92 Å². The molecule has 1 aliphatic rings. The first kappa shape index (κ1) is 18.5. The summed E-state index contributed by atoms with van der Waals surface area (Å²) in [5.41, 5.74) is 5.37. The van der Waals surface area contributed by atoms with E-state index in [0.717, 1.165) is 29.8 Å². The number of Topliss-reactive ketones (excluding diaryl/α,β-unsaturated/α-hetero) is 1. The topological polar surface area (TPSA) is 49.6 Å². The zero-order chi connectivity index (χ0) is 20.3. The number of aromatic nitrogens is 3. The molecule has 1 fully saturated rings. The van der Waals surface area contributed by atoms with Gasteiger partial charge < -0.3 is 0 Å². The Morgan fingerprint density at radius 2 is 1.63 bits per heavy atom. The van der Waals surface area contributed by atoms with Crippen molar-refractivity contribution in [3.63, 3.8) is 0 Å². The highest BCUT2D eigenvalue weighted by molar-refractivity contribution is 5.81. The average molecular weight is 394 g/mol. The number of benzene rings is 2. The molecular formula is C26H24N3O+. The second kappa shape index (κ2) is 8.07. The predicted octanol–water partition coefficient (Wildman–Crippen LogP) is 4.52. The van der Waals surface area contributed by atoms with E-state index in [0.29, 0.717) is 12.3 Å². The third-order valence-electron chi connectivity index (χ3n) is 5.70. The first-order valence-corrected chi connectivity index (χ1v) is 10.5. The first-order valence-electron chi connectivity index (χ1n) is 10.5. The molecule has 0 amide bonds. The molecule has 0 saturated heterocycles. The van der Waals surface area contributed by atoms with Gasteiger partial charge >= 0.3 is 0 Å². The molecule has 4 aromatic rings. The summed E-state index contributed by atoms with van der Waals surface area (Å²) in [6.45, 7) is 0.437. The smallest absolute Gasteiger partial charge is 0.206 e. The van der Waals surface area contributed by atoms with Crippen LogP contribution in [-0.2, 0) is 11.3 Å². The third kappa shape index (κ3) is 3.94. The maximum absolute atomic E-state index is 12.2. The van der Waals surface area contributed by atoms with E-state index in [-0.39, 0.29) is 11.8 Å². The first-order chi connectivity index (χ1) is 14.8. The number of H-pyrrole nitrogens is 1. The van der Waals surface area contributed by atoms with Gasteiger partial charge in [0.2, 0.25) is 6.54 Å². The van der Waals surface area contributed by atoms with E-state index in [1.54, 1.807) is 0 Å². The number of rotatable bonds is 7. The second-order valence-electron chi connectivity index (χ2n) is 7.97. The second-order valence-corrected chi connectivity index (χ2v) is 7.97. The SMILES string of the molecule is O=C(C[n+]1cccc(-c2cc(C(c3ccccc3)c3ccccc3)[nH]n2)c1)C1CC1. The van der Waals surface area contributed by atoms with Crippen molar-refractivity contribution < 1.29 is 9.36 Å². The molecular weight excluding hydrogens is 370 g/mol. The van der Waals surface area contributed by atoms with Gasteiger partial charge in [-0.25, -0.2) is 0 Å². The van der Waals surface area contributed by atoms with Crippen LogP contribution in [0.2, 0.25) is 0 Å². The average Bonchev–Trinajstić information content (AvgIpc) is 3.54. The Morgan fingerprint density at radius 1 is 0.967 bits per heavy atom. The highest BCUT2D eigenvalue weighted by atomic mass is 16.1. The van der Waals surface area contributed by atoms with Crippen LogP contribution in [0.25, 0.3) is 11.3 Å². The fourth-order valence-electron chi connectivity index (χ4n) is 3.96. The minimum absolute atomic E-state index is 0.0842. The van der Waals surface area contributed by atoms with Crippen molar-refractivity contribution in [2.45, 2.75) is 25.3 Å². The summed E-state index contributed by atoms with van der Waals surface area (Å²) < 4.78 is 1.97. The maximum Gasteiger partial charge on any atom is 0.206 e. The van der Waals surface area contributed by atoms with E-state index < -0.39 is 0 Å². The van der Waals surface area contributed by atoms with Gasteiger partial charge in [0.15, 0.2) is 18.2 Å². The molecule has 0 bridgehead atoms. The highest BCUT2D eigenvalue weighted by Crippen LogP contribution is 2.32. The zero-order valence-electron chi connectivity index (χ0n) is 16.7. The normalized spacial score (nSPS) is 13.5. The van der Waals surface area contributed by atoms with Gasteiger partial charge in [-0.15, -0.1) is 0 Å². The number of nitrogens with one attached hydrogen (secondary N) is 1. The van der Waals surface area contributed by atoms with Crippen LogP contribution in [0.4, 0.5) is 0 Å². The van der Waals surface area contributed by atoms with Crippen molar-refractivity contribution in [1.29, 1.82) is 0 Å². The fourth-order valence-corrected chi connectivity index (χ4v) is 3.96. The molecule has 4 nitrogen and oxygen atoms in total. The van der Waals surface area contributed by atoms with E-state index in [4.69, 9.17) is 0 Å². The molecule has 2 aromatic heterocycles. The van der Waals surface area contributed by atoms with Gasteiger partial charge in [-0.3, -0.25) is 9.89 Å². The molecule has 1 saturated carbocycles. The summed E-state index contributed by atoms with van der Waals surface area (Å²) >= 11 is 0. The minimum Gasteiger partial charge on any atom is -0.292 e. The summed E-state index contributed by atoms with van der Waals surface area (Å²) in [7, 11) is 0. The number of hydrogen-bond donors (Lipinski definition) is 1. The number of ketones is 1. The van der Waals surface area contributed by atoms with Crippen LogP contribution in [0.15, 0.2) is 91.3 Å². The van der Waals surface area contributed by atoms with E-state index in [1.807, 2.05) is 41.2 Å². The number of hydrogen-bond acceptors (Lipinski definition) is 2. The van der Waals surface area contributed by atoms with Gasteiger partial charge in [-0.1, -0.05) is 60.7 Å². The van der Waals surface area contributed by atoms with Crippen LogP contribution in [0.1, 0.15) is 35.6 Å². The Hall–Kier alpha value is -3.53. The minimum atomic E-state index is 0.0842. The summed E-state index contributed by atoms with van der Waals surface area (Å²) in [4.78, 5) is 12.2. The van der Waals surface area contributed by atoms with Crippen molar-refractivity contribution in [3.8, 4) is 11.3 Å². The lowest BCUT2D eigenvalue weighted by atomic mass is 9.88. The van der Waals surface area contributed by atoms with Gasteiger partial charge in [0.1, 0.15) is 0 Å². The van der Waals surface area contributed by atoms with E-state index >= 15 is 0 Å². The van der Waals surface area contributed by atoms with Crippen LogP contribution < -0.4 is 4.57 Å². The van der Waals surface area contributed by atoms with Gasteiger partial charge in [-0.2, -0.15) is 9.67 Å². The molecule has 30 heavy (non-hydrogen) atoms. The van der Waals surface area contributed by atoms with Gasteiger partial charge in [0.25, 0.3) is 0 Å². The Labute approximate surface area is 176 Å². The monoisotopic (exact) mass is 394 g/mol. The molecule has 5 rings (SSSR count). The number of aromatic amines is 1. The summed E-state index contributed by atoms with van der Waals surface area (Å²) in [5, 5.41) is 7.87. The Bertz CT molecular complexity index is 1110. The number of carbonyl (C=O) groups excluding carboxylic acids is 1. The van der Waals surface area contributed by atoms with Gasteiger partial charge in [0, 0.05) is 17.7 Å². The van der Waals surface area contributed by atoms with Crippen LogP contribution in [0.5, 0.6) is 0 Å². The molecule has 2 heterocycles. The van der Waals surface area contributed by atoms with Crippen LogP contribution >= 0.6 is 0 Å². The standard InChI is InChI=1S/C26H24N3O/c30-25(19-13-14-19)18-29-15-7-12-22(17-29)23-16-24(28-27-23)26(20-8-3-1-4-9-20)21-10-5-2-6-11-21/h1-12,15-17,19,26H,13-14,18H2,(H,27,28)/q+1. The van der Waals surface area contributed by atoms with Crippen molar-refractivity contribution in [3.05, 3.63) is 108 Å². The predicted molar refractivity (Wildman–Crippen MR) is 116 cm³/mol. The maximum atomic E-state index is 12.2. The van der Waals surface area contributed by atoms with E-state index in [2.05, 4.69) is 64.8 Å². The van der Waals surface area contributed by atoms with Gasteiger partial charge in [0.05, 0.1) is 17.2 Å². The molecule has 0 spiro atoms. The van der Waals surface area contributed by atoms with Crippen molar-refractivity contribution in [2.75, 3.05) is 0 Å². The fraction of sp³-hybridized carbons (Fsp3) is 0.192. The van der Waals surface area contributed by atoms with Crippen LogP contribution in [0, 0.1) is 5.92 Å². The molecule has 2 aromatic carbocycles.